The zero-order valence-corrected chi connectivity index (χ0v) is 8.50. The summed E-state index contributed by atoms with van der Waals surface area (Å²) in [4.78, 5) is 11.2. The molecule has 1 unspecified atom stereocenters. The number of halogens is 1. The second kappa shape index (κ2) is 4.43. The molecule has 80 valence electrons. The van der Waals surface area contributed by atoms with E-state index in [1.807, 2.05) is 0 Å². The van der Waals surface area contributed by atoms with Gasteiger partial charge in [0.15, 0.2) is 0 Å². The molecule has 0 spiro atoms. The van der Waals surface area contributed by atoms with E-state index in [0.717, 1.165) is 12.8 Å². The van der Waals surface area contributed by atoms with Crippen LogP contribution in [0, 0.1) is 5.82 Å². The maximum absolute atomic E-state index is 13.3. The molecule has 3 heteroatoms. The number of Topliss-reactive ketones (excluding diaryl/α,β-unsaturated/α-hetero) is 1. The molecule has 1 aliphatic rings. The molecule has 1 aliphatic carbocycles. The van der Waals surface area contributed by atoms with Crippen LogP contribution in [0.3, 0.4) is 0 Å². The molecule has 0 amide bonds. The maximum atomic E-state index is 13.3. The third-order valence-corrected chi connectivity index (χ3v) is 2.72. The van der Waals surface area contributed by atoms with Gasteiger partial charge in [-0.1, -0.05) is 12.1 Å². The van der Waals surface area contributed by atoms with Crippen LogP contribution in [0.15, 0.2) is 24.3 Å². The van der Waals surface area contributed by atoms with Gasteiger partial charge in [-0.15, -0.1) is 0 Å². The summed E-state index contributed by atoms with van der Waals surface area (Å²) in [7, 11) is 0. The standard InChI is InChI=1S/C12H14FNO/c13-11-6-1-2-7-12(11)14-9-4-3-5-10(15)8-9/h1-2,6-7,9,14H,3-5,8H2. The van der Waals surface area contributed by atoms with Crippen LogP contribution in [0.2, 0.25) is 0 Å². The molecule has 15 heavy (non-hydrogen) atoms. The lowest BCUT2D eigenvalue weighted by molar-refractivity contribution is -0.120. The molecule has 0 heterocycles. The van der Waals surface area contributed by atoms with Crippen molar-refractivity contribution in [3.8, 4) is 0 Å². The molecule has 1 saturated carbocycles. The van der Waals surface area contributed by atoms with Crippen molar-refractivity contribution in [1.29, 1.82) is 0 Å². The van der Waals surface area contributed by atoms with E-state index in [1.165, 1.54) is 6.07 Å². The number of ketones is 1. The molecule has 1 N–H and O–H groups in total. The average Bonchev–Trinajstić information content (AvgIpc) is 2.22. The normalized spacial score (nSPS) is 21.4. The highest BCUT2D eigenvalue weighted by atomic mass is 19.1. The highest BCUT2D eigenvalue weighted by molar-refractivity contribution is 5.80. The van der Waals surface area contributed by atoms with Gasteiger partial charge < -0.3 is 5.32 Å². The van der Waals surface area contributed by atoms with Crippen LogP contribution < -0.4 is 5.32 Å². The van der Waals surface area contributed by atoms with Gasteiger partial charge in [-0.05, 0) is 25.0 Å². The molecule has 0 radical (unpaired) electrons. The Morgan fingerprint density at radius 1 is 1.33 bits per heavy atom. The van der Waals surface area contributed by atoms with Crippen LogP contribution in [-0.2, 0) is 4.79 Å². The lowest BCUT2D eigenvalue weighted by Gasteiger charge is -2.23. The van der Waals surface area contributed by atoms with E-state index in [4.69, 9.17) is 0 Å². The number of benzene rings is 1. The second-order valence-electron chi connectivity index (χ2n) is 3.96. The predicted octanol–water partition coefficient (Wildman–Crippen LogP) is 2.75. The van der Waals surface area contributed by atoms with E-state index >= 15 is 0 Å². The van der Waals surface area contributed by atoms with Crippen molar-refractivity contribution >= 4 is 11.5 Å². The molecule has 0 saturated heterocycles. The van der Waals surface area contributed by atoms with Gasteiger partial charge in [0, 0.05) is 18.9 Å². The summed E-state index contributed by atoms with van der Waals surface area (Å²) in [6.45, 7) is 0. The summed E-state index contributed by atoms with van der Waals surface area (Å²) < 4.78 is 13.3. The fourth-order valence-corrected chi connectivity index (χ4v) is 1.95. The molecule has 0 aromatic heterocycles. The van der Waals surface area contributed by atoms with Gasteiger partial charge in [-0.25, -0.2) is 4.39 Å². The second-order valence-corrected chi connectivity index (χ2v) is 3.96. The van der Waals surface area contributed by atoms with E-state index in [9.17, 15) is 9.18 Å². The Hall–Kier alpha value is -1.38. The van der Waals surface area contributed by atoms with Crippen LogP contribution in [0.1, 0.15) is 25.7 Å². The van der Waals surface area contributed by atoms with Crippen molar-refractivity contribution in [2.45, 2.75) is 31.7 Å². The predicted molar refractivity (Wildman–Crippen MR) is 57.3 cm³/mol. The van der Waals surface area contributed by atoms with E-state index in [1.54, 1.807) is 18.2 Å². The van der Waals surface area contributed by atoms with Crippen LogP contribution >= 0.6 is 0 Å². The molecular formula is C12H14FNO. The molecule has 0 aliphatic heterocycles. The van der Waals surface area contributed by atoms with Crippen LogP contribution in [0.4, 0.5) is 10.1 Å². The van der Waals surface area contributed by atoms with Gasteiger partial charge >= 0.3 is 0 Å². The van der Waals surface area contributed by atoms with Crippen LogP contribution in [0.25, 0.3) is 0 Å². The number of hydrogen-bond donors (Lipinski definition) is 1. The summed E-state index contributed by atoms with van der Waals surface area (Å²) in [5.41, 5.74) is 0.497. The largest absolute Gasteiger partial charge is 0.380 e. The number of rotatable bonds is 2. The number of carbonyl (C=O) groups is 1. The van der Waals surface area contributed by atoms with E-state index in [-0.39, 0.29) is 17.6 Å². The van der Waals surface area contributed by atoms with Crippen molar-refractivity contribution in [3.63, 3.8) is 0 Å². The molecule has 1 aromatic carbocycles. The van der Waals surface area contributed by atoms with E-state index < -0.39 is 0 Å². The number of carbonyl (C=O) groups excluding carboxylic acids is 1. The Morgan fingerprint density at radius 3 is 2.87 bits per heavy atom. The quantitative estimate of drug-likeness (QED) is 0.807. The van der Waals surface area contributed by atoms with Crippen LogP contribution in [-0.4, -0.2) is 11.8 Å². The maximum Gasteiger partial charge on any atom is 0.146 e. The van der Waals surface area contributed by atoms with Gasteiger partial charge in [0.2, 0.25) is 0 Å². The zero-order valence-electron chi connectivity index (χ0n) is 8.50. The first-order chi connectivity index (χ1) is 7.25. The summed E-state index contributed by atoms with van der Waals surface area (Å²) in [6.07, 6.45) is 3.05. The first-order valence-corrected chi connectivity index (χ1v) is 5.28. The molecule has 1 aromatic rings. The van der Waals surface area contributed by atoms with Gasteiger partial charge in [0.25, 0.3) is 0 Å². The third kappa shape index (κ3) is 2.55. The minimum absolute atomic E-state index is 0.100. The minimum Gasteiger partial charge on any atom is -0.380 e. The van der Waals surface area contributed by atoms with E-state index in [0.29, 0.717) is 18.5 Å². The highest BCUT2D eigenvalue weighted by Crippen LogP contribution is 2.21. The summed E-state index contributed by atoms with van der Waals surface area (Å²) in [6, 6.07) is 6.67. The van der Waals surface area contributed by atoms with Gasteiger partial charge in [0.1, 0.15) is 11.6 Å². The average molecular weight is 207 g/mol. The van der Waals surface area contributed by atoms with Crippen molar-refractivity contribution in [2.75, 3.05) is 5.32 Å². The SMILES string of the molecule is O=C1CCCC(Nc2ccccc2F)C1. The Kier molecular flexibility index (Phi) is 2.99. The third-order valence-electron chi connectivity index (χ3n) is 2.72. The number of nitrogens with one attached hydrogen (secondary N) is 1. The lowest BCUT2D eigenvalue weighted by Crippen LogP contribution is -2.27. The first-order valence-electron chi connectivity index (χ1n) is 5.28. The number of para-hydroxylation sites is 1. The molecule has 0 bridgehead atoms. The zero-order chi connectivity index (χ0) is 10.7. The van der Waals surface area contributed by atoms with Crippen molar-refractivity contribution in [1.82, 2.24) is 0 Å². The Labute approximate surface area is 88.5 Å². The fraction of sp³-hybridized carbons (Fsp3) is 0.417. The molecule has 1 atom stereocenters. The topological polar surface area (TPSA) is 29.1 Å². The first kappa shape index (κ1) is 10.1. The summed E-state index contributed by atoms with van der Waals surface area (Å²) in [5, 5.41) is 3.08. The van der Waals surface area contributed by atoms with Gasteiger partial charge in [-0.2, -0.15) is 0 Å². The van der Waals surface area contributed by atoms with Crippen LogP contribution in [0.5, 0.6) is 0 Å². The highest BCUT2D eigenvalue weighted by Gasteiger charge is 2.19. The monoisotopic (exact) mass is 207 g/mol. The lowest BCUT2D eigenvalue weighted by atomic mass is 9.94. The fourth-order valence-electron chi connectivity index (χ4n) is 1.95. The van der Waals surface area contributed by atoms with Crippen molar-refractivity contribution < 1.29 is 9.18 Å². The molecule has 2 nitrogen and oxygen atoms in total. The minimum atomic E-state index is -0.254. The molecule has 2 rings (SSSR count). The number of hydrogen-bond acceptors (Lipinski definition) is 2. The smallest absolute Gasteiger partial charge is 0.146 e. The molecular weight excluding hydrogens is 193 g/mol. The van der Waals surface area contributed by atoms with E-state index in [2.05, 4.69) is 5.32 Å². The Morgan fingerprint density at radius 2 is 2.13 bits per heavy atom. The van der Waals surface area contributed by atoms with Gasteiger partial charge in [0.05, 0.1) is 5.69 Å². The Bertz CT molecular complexity index is 364. The van der Waals surface area contributed by atoms with Crippen molar-refractivity contribution in [3.05, 3.63) is 30.1 Å². The summed E-state index contributed by atoms with van der Waals surface area (Å²) in [5.74, 6) is 0.0191. The van der Waals surface area contributed by atoms with Crippen molar-refractivity contribution in [2.24, 2.45) is 0 Å². The summed E-state index contributed by atoms with van der Waals surface area (Å²) >= 11 is 0. The Balaban J connectivity index is 2.02. The molecule has 1 fully saturated rings. The van der Waals surface area contributed by atoms with Gasteiger partial charge in [-0.3, -0.25) is 4.79 Å². The number of anilines is 1.